The van der Waals surface area contributed by atoms with Gasteiger partial charge in [-0.1, -0.05) is 0 Å². The minimum Gasteiger partial charge on any atom is -0.317 e. The van der Waals surface area contributed by atoms with Gasteiger partial charge in [0.15, 0.2) is 0 Å². The number of hydrogen-bond acceptors (Lipinski definition) is 4. The van der Waals surface area contributed by atoms with Crippen LogP contribution in [0.3, 0.4) is 0 Å². The molecule has 0 aromatic heterocycles. The largest absolute Gasteiger partial charge is 0.317 e. The molecule has 2 N–H and O–H groups in total. The number of rotatable bonds is 4. The van der Waals surface area contributed by atoms with E-state index < -0.39 is 29.4 Å². The van der Waals surface area contributed by atoms with Crippen LogP contribution in [0.1, 0.15) is 55.6 Å². The highest BCUT2D eigenvalue weighted by atomic mass is 19.1. The average Bonchev–Trinajstić information content (AvgIpc) is 2.69. The summed E-state index contributed by atoms with van der Waals surface area (Å²) in [5.41, 5.74) is 0.881. The minimum atomic E-state index is -0.940. The van der Waals surface area contributed by atoms with Crippen LogP contribution in [-0.4, -0.2) is 49.4 Å². The van der Waals surface area contributed by atoms with Crippen molar-refractivity contribution in [2.24, 2.45) is 5.41 Å². The second-order valence-corrected chi connectivity index (χ2v) is 8.82. The molecule has 3 aliphatic rings. The Bertz CT molecular complexity index is 759. The molecule has 158 valence electrons. The first-order chi connectivity index (χ1) is 14.0. The fraction of sp³-hybridized carbons (Fsp3) is 0.636. The van der Waals surface area contributed by atoms with E-state index in [2.05, 4.69) is 15.5 Å². The number of amides is 2. The summed E-state index contributed by atoms with van der Waals surface area (Å²) < 4.78 is 29.3. The van der Waals surface area contributed by atoms with Crippen molar-refractivity contribution in [3.63, 3.8) is 0 Å². The fourth-order valence-electron chi connectivity index (χ4n) is 5.08. The van der Waals surface area contributed by atoms with Crippen molar-refractivity contribution >= 4 is 11.8 Å². The molecular formula is C22H29F2N3O2. The van der Waals surface area contributed by atoms with Crippen molar-refractivity contribution < 1.29 is 18.4 Å². The topological polar surface area (TPSA) is 61.4 Å². The molecule has 5 nitrogen and oxygen atoms in total. The van der Waals surface area contributed by atoms with Crippen molar-refractivity contribution in [2.75, 3.05) is 32.7 Å². The summed E-state index contributed by atoms with van der Waals surface area (Å²) in [6.45, 7) is 5.08. The summed E-state index contributed by atoms with van der Waals surface area (Å²) in [5.74, 6) is -3.34. The molecule has 4 rings (SSSR count). The van der Waals surface area contributed by atoms with Crippen molar-refractivity contribution in [1.82, 2.24) is 15.5 Å². The Labute approximate surface area is 170 Å². The molecule has 3 heterocycles. The van der Waals surface area contributed by atoms with Gasteiger partial charge in [0.1, 0.15) is 11.6 Å². The molecule has 0 aliphatic carbocycles. The molecule has 2 amide bonds. The monoisotopic (exact) mass is 405 g/mol. The van der Waals surface area contributed by atoms with Crippen LogP contribution in [0.2, 0.25) is 0 Å². The fourth-order valence-corrected chi connectivity index (χ4v) is 5.08. The SMILES string of the molecule is O=C1CCC(c2c(F)cc(CCN3CCC4(CCNCC4)CC3)cc2F)C(=O)N1. The number of nitrogens with one attached hydrogen (secondary N) is 2. The minimum absolute atomic E-state index is 0.101. The van der Waals surface area contributed by atoms with E-state index in [0.29, 0.717) is 17.4 Å². The lowest BCUT2D eigenvalue weighted by atomic mass is 9.71. The summed E-state index contributed by atoms with van der Waals surface area (Å²) in [6, 6.07) is 2.70. The third-order valence-corrected chi connectivity index (χ3v) is 7.02. The molecule has 1 aromatic carbocycles. The summed E-state index contributed by atoms with van der Waals surface area (Å²) >= 11 is 0. The predicted octanol–water partition coefficient (Wildman–Crippen LogP) is 2.49. The van der Waals surface area contributed by atoms with Gasteiger partial charge in [-0.05, 0) is 87.8 Å². The number of halogens is 2. The van der Waals surface area contributed by atoms with E-state index in [1.54, 1.807) is 0 Å². The second-order valence-electron chi connectivity index (χ2n) is 8.82. The molecule has 3 saturated heterocycles. The Morgan fingerprint density at radius 2 is 1.69 bits per heavy atom. The second kappa shape index (κ2) is 8.48. The zero-order chi connectivity index (χ0) is 20.4. The molecule has 1 unspecified atom stereocenters. The third kappa shape index (κ3) is 4.51. The normalized spacial score (nSPS) is 25.2. The van der Waals surface area contributed by atoms with E-state index in [4.69, 9.17) is 0 Å². The van der Waals surface area contributed by atoms with Gasteiger partial charge in [0, 0.05) is 18.5 Å². The maximum atomic E-state index is 14.6. The molecule has 0 bridgehead atoms. The molecular weight excluding hydrogens is 376 g/mol. The Kier molecular flexibility index (Phi) is 5.97. The molecule has 0 saturated carbocycles. The Hall–Kier alpha value is -1.86. The maximum Gasteiger partial charge on any atom is 0.234 e. The number of carbonyl (C=O) groups is 2. The third-order valence-electron chi connectivity index (χ3n) is 7.02. The highest BCUT2D eigenvalue weighted by Crippen LogP contribution is 2.39. The Morgan fingerprint density at radius 3 is 2.31 bits per heavy atom. The predicted molar refractivity (Wildman–Crippen MR) is 105 cm³/mol. The summed E-state index contributed by atoms with van der Waals surface area (Å²) in [7, 11) is 0. The van der Waals surface area contributed by atoms with E-state index in [1.165, 1.54) is 37.8 Å². The lowest BCUT2D eigenvalue weighted by Gasteiger charge is -2.44. The van der Waals surface area contributed by atoms with E-state index in [-0.39, 0.29) is 18.4 Å². The van der Waals surface area contributed by atoms with Gasteiger partial charge in [0.05, 0.1) is 5.92 Å². The van der Waals surface area contributed by atoms with Gasteiger partial charge in [-0.3, -0.25) is 14.9 Å². The number of nitrogens with zero attached hydrogens (tertiary/aromatic N) is 1. The van der Waals surface area contributed by atoms with Crippen LogP contribution in [0.4, 0.5) is 8.78 Å². The summed E-state index contributed by atoms with van der Waals surface area (Å²) in [5, 5.41) is 5.60. The number of hydrogen-bond donors (Lipinski definition) is 2. The molecule has 1 aromatic rings. The van der Waals surface area contributed by atoms with Crippen molar-refractivity contribution in [1.29, 1.82) is 0 Å². The standard InChI is InChI=1S/C22H29F2N3O2/c23-17-13-15(14-18(24)20(17)16-1-2-19(28)26-21(16)29)3-10-27-11-6-22(7-12-27)4-8-25-9-5-22/h13-14,16,25H,1-12H2,(H,26,28,29). The van der Waals surface area contributed by atoms with Crippen molar-refractivity contribution in [3.8, 4) is 0 Å². The van der Waals surface area contributed by atoms with Crippen molar-refractivity contribution in [3.05, 3.63) is 34.9 Å². The quantitative estimate of drug-likeness (QED) is 0.756. The lowest BCUT2D eigenvalue weighted by Crippen LogP contribution is -2.45. The lowest BCUT2D eigenvalue weighted by molar-refractivity contribution is -0.134. The maximum absolute atomic E-state index is 14.6. The zero-order valence-electron chi connectivity index (χ0n) is 16.7. The van der Waals surface area contributed by atoms with Crippen LogP contribution >= 0.6 is 0 Å². The van der Waals surface area contributed by atoms with Gasteiger partial charge in [-0.25, -0.2) is 8.78 Å². The van der Waals surface area contributed by atoms with Crippen LogP contribution in [0, 0.1) is 17.0 Å². The molecule has 1 atom stereocenters. The Balaban J connectivity index is 1.35. The number of piperidine rings is 3. The van der Waals surface area contributed by atoms with E-state index in [9.17, 15) is 18.4 Å². The van der Waals surface area contributed by atoms with E-state index in [0.717, 1.165) is 32.7 Å². The molecule has 1 spiro atoms. The number of imide groups is 1. The van der Waals surface area contributed by atoms with E-state index in [1.807, 2.05) is 0 Å². The van der Waals surface area contributed by atoms with E-state index >= 15 is 0 Å². The van der Waals surface area contributed by atoms with Gasteiger partial charge in [-0.2, -0.15) is 0 Å². The first-order valence-corrected chi connectivity index (χ1v) is 10.7. The molecule has 0 radical (unpaired) electrons. The van der Waals surface area contributed by atoms with Crippen molar-refractivity contribution in [2.45, 2.75) is 50.9 Å². The first kappa shape index (κ1) is 20.4. The average molecular weight is 405 g/mol. The number of benzene rings is 1. The highest BCUT2D eigenvalue weighted by molar-refractivity contribution is 6.00. The number of likely N-dealkylation sites (tertiary alicyclic amines) is 1. The molecule has 7 heteroatoms. The number of carbonyl (C=O) groups excluding carboxylic acids is 2. The molecule has 29 heavy (non-hydrogen) atoms. The first-order valence-electron chi connectivity index (χ1n) is 10.7. The Morgan fingerprint density at radius 1 is 1.03 bits per heavy atom. The van der Waals surface area contributed by atoms with Crippen LogP contribution in [0.5, 0.6) is 0 Å². The van der Waals surface area contributed by atoms with Crippen LogP contribution in [0.25, 0.3) is 0 Å². The van der Waals surface area contributed by atoms with Crippen LogP contribution < -0.4 is 10.6 Å². The van der Waals surface area contributed by atoms with Gasteiger partial charge in [0.2, 0.25) is 11.8 Å². The van der Waals surface area contributed by atoms with Crippen LogP contribution in [-0.2, 0) is 16.0 Å². The highest BCUT2D eigenvalue weighted by Gasteiger charge is 2.35. The van der Waals surface area contributed by atoms with Gasteiger partial charge >= 0.3 is 0 Å². The molecule has 3 aliphatic heterocycles. The summed E-state index contributed by atoms with van der Waals surface area (Å²) in [4.78, 5) is 25.6. The smallest absolute Gasteiger partial charge is 0.234 e. The zero-order valence-corrected chi connectivity index (χ0v) is 16.7. The van der Waals surface area contributed by atoms with Crippen LogP contribution in [0.15, 0.2) is 12.1 Å². The molecule has 3 fully saturated rings. The van der Waals surface area contributed by atoms with Gasteiger partial charge in [0.25, 0.3) is 0 Å². The van der Waals surface area contributed by atoms with Gasteiger partial charge < -0.3 is 10.2 Å². The summed E-state index contributed by atoms with van der Waals surface area (Å²) in [6.07, 6.45) is 5.72. The van der Waals surface area contributed by atoms with Gasteiger partial charge in [-0.15, -0.1) is 0 Å².